The Kier molecular flexibility index (Phi) is 6.98. The summed E-state index contributed by atoms with van der Waals surface area (Å²) in [4.78, 5) is 2.64. The number of hydrogen-bond acceptors (Lipinski definition) is 3. The summed E-state index contributed by atoms with van der Waals surface area (Å²) in [6.07, 6.45) is 5.10. The highest BCUT2D eigenvalue weighted by molar-refractivity contribution is 4.78. The fourth-order valence-electron chi connectivity index (χ4n) is 2.24. The Bertz CT molecular complexity index is 153. The quantitative estimate of drug-likeness (QED) is 0.650. The zero-order chi connectivity index (χ0) is 10.9. The van der Waals surface area contributed by atoms with Gasteiger partial charge in [0.05, 0.1) is 0 Å². The van der Waals surface area contributed by atoms with Gasteiger partial charge in [0.15, 0.2) is 0 Å². The summed E-state index contributed by atoms with van der Waals surface area (Å²) in [6, 6.07) is 0.765. The molecule has 1 saturated heterocycles. The maximum atomic E-state index is 5.05. The molecular weight excluding hydrogens is 188 g/mol. The van der Waals surface area contributed by atoms with Crippen LogP contribution in [0.25, 0.3) is 0 Å². The molecule has 3 nitrogen and oxygen atoms in total. The van der Waals surface area contributed by atoms with Gasteiger partial charge < -0.3 is 10.1 Å². The minimum Gasteiger partial charge on any atom is -0.385 e. The van der Waals surface area contributed by atoms with Crippen LogP contribution in [0.5, 0.6) is 0 Å². The van der Waals surface area contributed by atoms with Crippen molar-refractivity contribution in [3.8, 4) is 0 Å². The van der Waals surface area contributed by atoms with Crippen LogP contribution in [0.1, 0.15) is 32.6 Å². The van der Waals surface area contributed by atoms with Gasteiger partial charge in [-0.3, -0.25) is 4.90 Å². The van der Waals surface area contributed by atoms with Crippen LogP contribution in [-0.4, -0.2) is 50.8 Å². The van der Waals surface area contributed by atoms with Crippen molar-refractivity contribution in [1.29, 1.82) is 0 Å². The number of ether oxygens (including phenoxy) is 1. The lowest BCUT2D eigenvalue weighted by Crippen LogP contribution is -2.51. The molecular formula is C12H26N2O. The minimum atomic E-state index is 0.765. The van der Waals surface area contributed by atoms with E-state index >= 15 is 0 Å². The molecule has 0 spiro atoms. The first-order chi connectivity index (χ1) is 7.38. The second-order valence-electron chi connectivity index (χ2n) is 4.36. The van der Waals surface area contributed by atoms with Crippen LogP contribution in [-0.2, 0) is 4.74 Å². The molecule has 90 valence electrons. The van der Waals surface area contributed by atoms with Crippen LogP contribution < -0.4 is 5.32 Å². The molecule has 0 aromatic rings. The average Bonchev–Trinajstić information content (AvgIpc) is 2.29. The first-order valence-corrected chi connectivity index (χ1v) is 6.32. The number of nitrogens with zero attached hydrogens (tertiary/aromatic N) is 1. The van der Waals surface area contributed by atoms with E-state index in [9.17, 15) is 0 Å². The molecule has 1 fully saturated rings. The molecule has 1 N–H and O–H groups in total. The van der Waals surface area contributed by atoms with Gasteiger partial charge in [0.25, 0.3) is 0 Å². The molecule has 0 aliphatic carbocycles. The third-order valence-electron chi connectivity index (χ3n) is 3.24. The fraction of sp³-hybridized carbons (Fsp3) is 1.00. The highest BCUT2D eigenvalue weighted by Crippen LogP contribution is 2.09. The second-order valence-corrected chi connectivity index (χ2v) is 4.36. The van der Waals surface area contributed by atoms with Crippen molar-refractivity contribution in [2.24, 2.45) is 0 Å². The van der Waals surface area contributed by atoms with Crippen LogP contribution in [0.15, 0.2) is 0 Å². The Morgan fingerprint density at radius 2 is 2.20 bits per heavy atom. The van der Waals surface area contributed by atoms with Crippen molar-refractivity contribution in [3.05, 3.63) is 0 Å². The van der Waals surface area contributed by atoms with E-state index in [4.69, 9.17) is 4.74 Å². The zero-order valence-electron chi connectivity index (χ0n) is 10.3. The molecule has 3 heteroatoms. The van der Waals surface area contributed by atoms with E-state index < -0.39 is 0 Å². The molecule has 0 saturated carbocycles. The lowest BCUT2D eigenvalue weighted by atomic mass is 10.1. The molecule has 1 aliphatic rings. The molecule has 1 atom stereocenters. The van der Waals surface area contributed by atoms with Crippen molar-refractivity contribution in [1.82, 2.24) is 10.2 Å². The number of hydrogen-bond donors (Lipinski definition) is 1. The maximum absolute atomic E-state index is 5.05. The molecule has 15 heavy (non-hydrogen) atoms. The summed E-state index contributed by atoms with van der Waals surface area (Å²) in [5, 5.41) is 3.46. The van der Waals surface area contributed by atoms with Gasteiger partial charge in [0.1, 0.15) is 0 Å². The van der Waals surface area contributed by atoms with E-state index in [0.29, 0.717) is 0 Å². The van der Waals surface area contributed by atoms with Crippen LogP contribution >= 0.6 is 0 Å². The standard InChI is InChI=1S/C12H26N2O/c1-3-12-11-13-7-9-14(12)8-5-4-6-10-15-2/h12-13H,3-11H2,1-2H3. The largest absolute Gasteiger partial charge is 0.385 e. The van der Waals surface area contributed by atoms with Gasteiger partial charge in [0, 0.05) is 39.4 Å². The lowest BCUT2D eigenvalue weighted by molar-refractivity contribution is 0.149. The van der Waals surface area contributed by atoms with Crippen molar-refractivity contribution in [2.75, 3.05) is 39.9 Å². The topological polar surface area (TPSA) is 24.5 Å². The Balaban J connectivity index is 2.07. The summed E-state index contributed by atoms with van der Waals surface area (Å²) in [6.45, 7) is 8.03. The summed E-state index contributed by atoms with van der Waals surface area (Å²) < 4.78 is 5.05. The van der Waals surface area contributed by atoms with Gasteiger partial charge in [-0.1, -0.05) is 6.92 Å². The first kappa shape index (κ1) is 12.9. The average molecular weight is 214 g/mol. The monoisotopic (exact) mass is 214 g/mol. The molecule has 1 rings (SSSR count). The van der Waals surface area contributed by atoms with E-state index in [1.54, 1.807) is 7.11 Å². The number of methoxy groups -OCH3 is 1. The van der Waals surface area contributed by atoms with Gasteiger partial charge in [-0.15, -0.1) is 0 Å². The summed E-state index contributed by atoms with van der Waals surface area (Å²) in [5.74, 6) is 0. The third-order valence-corrected chi connectivity index (χ3v) is 3.24. The molecule has 0 radical (unpaired) electrons. The van der Waals surface area contributed by atoms with Crippen molar-refractivity contribution >= 4 is 0 Å². The summed E-state index contributed by atoms with van der Waals surface area (Å²) in [7, 11) is 1.78. The number of rotatable bonds is 7. The Labute approximate surface area is 94.2 Å². The number of unbranched alkanes of at least 4 members (excludes halogenated alkanes) is 2. The van der Waals surface area contributed by atoms with E-state index in [1.807, 2.05) is 0 Å². The Morgan fingerprint density at radius 1 is 1.33 bits per heavy atom. The molecule has 0 amide bonds. The maximum Gasteiger partial charge on any atom is 0.0462 e. The van der Waals surface area contributed by atoms with Crippen LogP contribution in [0.4, 0.5) is 0 Å². The van der Waals surface area contributed by atoms with Gasteiger partial charge in [-0.25, -0.2) is 0 Å². The van der Waals surface area contributed by atoms with E-state index in [1.165, 1.54) is 45.3 Å². The van der Waals surface area contributed by atoms with Gasteiger partial charge >= 0.3 is 0 Å². The molecule has 0 aromatic carbocycles. The van der Waals surface area contributed by atoms with Gasteiger partial charge in [0.2, 0.25) is 0 Å². The molecule has 0 aromatic heterocycles. The zero-order valence-corrected chi connectivity index (χ0v) is 10.3. The molecule has 1 unspecified atom stereocenters. The Morgan fingerprint density at radius 3 is 2.93 bits per heavy atom. The molecule has 1 heterocycles. The second kappa shape index (κ2) is 8.08. The van der Waals surface area contributed by atoms with Crippen molar-refractivity contribution in [3.63, 3.8) is 0 Å². The van der Waals surface area contributed by atoms with Crippen LogP contribution in [0, 0.1) is 0 Å². The lowest BCUT2D eigenvalue weighted by Gasteiger charge is -2.35. The SMILES string of the molecule is CCC1CNCCN1CCCCCOC. The summed E-state index contributed by atoms with van der Waals surface area (Å²) in [5.41, 5.74) is 0. The third kappa shape index (κ3) is 4.96. The van der Waals surface area contributed by atoms with Crippen LogP contribution in [0.3, 0.4) is 0 Å². The smallest absolute Gasteiger partial charge is 0.0462 e. The number of piperazine rings is 1. The van der Waals surface area contributed by atoms with Gasteiger partial charge in [-0.2, -0.15) is 0 Å². The van der Waals surface area contributed by atoms with E-state index in [2.05, 4.69) is 17.1 Å². The predicted molar refractivity (Wildman–Crippen MR) is 64.2 cm³/mol. The van der Waals surface area contributed by atoms with Gasteiger partial charge in [-0.05, 0) is 32.2 Å². The fourth-order valence-corrected chi connectivity index (χ4v) is 2.24. The highest BCUT2D eigenvalue weighted by atomic mass is 16.5. The molecule has 1 aliphatic heterocycles. The van der Waals surface area contributed by atoms with Crippen LogP contribution in [0.2, 0.25) is 0 Å². The highest BCUT2D eigenvalue weighted by Gasteiger charge is 2.19. The van der Waals surface area contributed by atoms with E-state index in [0.717, 1.165) is 19.2 Å². The normalized spacial score (nSPS) is 23.2. The minimum absolute atomic E-state index is 0.765. The molecule has 0 bridgehead atoms. The van der Waals surface area contributed by atoms with Crippen molar-refractivity contribution in [2.45, 2.75) is 38.6 Å². The summed E-state index contributed by atoms with van der Waals surface area (Å²) >= 11 is 0. The predicted octanol–water partition coefficient (Wildman–Crippen LogP) is 1.49. The Hall–Kier alpha value is -0.120. The van der Waals surface area contributed by atoms with E-state index in [-0.39, 0.29) is 0 Å². The van der Waals surface area contributed by atoms with Crippen molar-refractivity contribution < 1.29 is 4.74 Å². The first-order valence-electron chi connectivity index (χ1n) is 6.32. The number of nitrogens with one attached hydrogen (secondary N) is 1.